The largest absolute Gasteiger partial charge is 0.395 e. The summed E-state index contributed by atoms with van der Waals surface area (Å²) in [5.41, 5.74) is 1.09. The van der Waals surface area contributed by atoms with Crippen LogP contribution >= 0.6 is 23.1 Å². The summed E-state index contributed by atoms with van der Waals surface area (Å²) < 4.78 is 0. The Morgan fingerprint density at radius 1 is 1.50 bits per heavy atom. The van der Waals surface area contributed by atoms with Crippen molar-refractivity contribution in [2.45, 2.75) is 31.7 Å². The van der Waals surface area contributed by atoms with Gasteiger partial charge in [0.05, 0.1) is 12.3 Å². The maximum Gasteiger partial charge on any atom is 0.185 e. The minimum absolute atomic E-state index is 0.208. The van der Waals surface area contributed by atoms with Gasteiger partial charge in [0.2, 0.25) is 0 Å². The molecule has 0 aliphatic carbocycles. The Morgan fingerprint density at radius 2 is 2.17 bits per heavy atom. The summed E-state index contributed by atoms with van der Waals surface area (Å²) in [5, 5.41) is 14.0. The maximum absolute atomic E-state index is 9.25. The van der Waals surface area contributed by atoms with Gasteiger partial charge in [0.15, 0.2) is 5.13 Å². The van der Waals surface area contributed by atoms with Crippen LogP contribution in [0.25, 0.3) is 0 Å². The molecule has 2 unspecified atom stereocenters. The lowest BCUT2D eigenvalue weighted by Crippen LogP contribution is -2.37. The normalized spacial score (nSPS) is 14.6. The van der Waals surface area contributed by atoms with Crippen LogP contribution in [0.4, 0.5) is 5.13 Å². The molecule has 6 heteroatoms. The van der Waals surface area contributed by atoms with Gasteiger partial charge in [-0.15, -0.1) is 11.3 Å². The van der Waals surface area contributed by atoms with Crippen LogP contribution in [0.3, 0.4) is 0 Å². The Kier molecular flexibility index (Phi) is 6.42. The van der Waals surface area contributed by atoms with Crippen LogP contribution in [0.2, 0.25) is 0 Å². The summed E-state index contributed by atoms with van der Waals surface area (Å²) in [4.78, 5) is 7.82. The molecule has 2 N–H and O–H groups in total. The SMILES string of the molecule is CSC(CO)C(C)NCc1sc(N(C)C)nc1C. The predicted octanol–water partition coefficient (Wildman–Crippen LogP) is 1.72. The summed E-state index contributed by atoms with van der Waals surface area (Å²) in [6, 6.07) is 0.286. The molecule has 1 rings (SSSR count). The molecule has 2 atom stereocenters. The highest BCUT2D eigenvalue weighted by molar-refractivity contribution is 7.99. The van der Waals surface area contributed by atoms with E-state index in [1.54, 1.807) is 23.1 Å². The highest BCUT2D eigenvalue weighted by Crippen LogP contribution is 2.24. The van der Waals surface area contributed by atoms with E-state index < -0.39 is 0 Å². The van der Waals surface area contributed by atoms with E-state index in [0.29, 0.717) is 0 Å². The summed E-state index contributed by atoms with van der Waals surface area (Å²) in [5.74, 6) is 0. The Hall–Kier alpha value is -0.300. The van der Waals surface area contributed by atoms with Crippen molar-refractivity contribution in [2.24, 2.45) is 0 Å². The van der Waals surface area contributed by atoms with E-state index in [1.807, 2.05) is 32.2 Å². The van der Waals surface area contributed by atoms with Gasteiger partial charge in [-0.2, -0.15) is 11.8 Å². The summed E-state index contributed by atoms with van der Waals surface area (Å²) >= 11 is 3.41. The molecule has 1 aromatic rings. The van der Waals surface area contributed by atoms with Crippen LogP contribution in [-0.2, 0) is 6.54 Å². The average molecular weight is 289 g/mol. The summed E-state index contributed by atoms with van der Waals surface area (Å²) in [7, 11) is 4.02. The molecule has 0 spiro atoms. The lowest BCUT2D eigenvalue weighted by atomic mass is 10.2. The van der Waals surface area contributed by atoms with Crippen LogP contribution in [-0.4, -0.2) is 48.3 Å². The highest BCUT2D eigenvalue weighted by atomic mass is 32.2. The lowest BCUT2D eigenvalue weighted by molar-refractivity contribution is 0.276. The minimum Gasteiger partial charge on any atom is -0.395 e. The van der Waals surface area contributed by atoms with E-state index in [1.165, 1.54) is 4.88 Å². The van der Waals surface area contributed by atoms with Crippen molar-refractivity contribution in [3.63, 3.8) is 0 Å². The fourth-order valence-electron chi connectivity index (χ4n) is 1.59. The zero-order valence-corrected chi connectivity index (χ0v) is 13.4. The molecular formula is C12H23N3OS2. The molecule has 0 radical (unpaired) electrons. The van der Waals surface area contributed by atoms with Crippen molar-refractivity contribution in [2.75, 3.05) is 31.9 Å². The van der Waals surface area contributed by atoms with Gasteiger partial charge in [-0.3, -0.25) is 0 Å². The van der Waals surface area contributed by atoms with Crippen molar-refractivity contribution in [1.82, 2.24) is 10.3 Å². The van der Waals surface area contributed by atoms with E-state index >= 15 is 0 Å². The number of thioether (sulfide) groups is 1. The fourth-order valence-corrected chi connectivity index (χ4v) is 3.18. The van der Waals surface area contributed by atoms with Gasteiger partial charge in [0.25, 0.3) is 0 Å². The third-order valence-electron chi connectivity index (χ3n) is 2.89. The minimum atomic E-state index is 0.208. The van der Waals surface area contributed by atoms with Crippen LogP contribution in [0.15, 0.2) is 0 Å². The first-order valence-corrected chi connectivity index (χ1v) is 8.10. The number of aliphatic hydroxyl groups is 1. The summed E-state index contributed by atoms with van der Waals surface area (Å²) in [6.07, 6.45) is 2.03. The van der Waals surface area contributed by atoms with Crippen LogP contribution in [0.5, 0.6) is 0 Å². The molecule has 0 saturated heterocycles. The molecule has 104 valence electrons. The first kappa shape index (κ1) is 15.8. The van der Waals surface area contributed by atoms with Crippen molar-refractivity contribution >= 4 is 28.2 Å². The molecular weight excluding hydrogens is 266 g/mol. The topological polar surface area (TPSA) is 48.4 Å². The zero-order valence-electron chi connectivity index (χ0n) is 11.7. The van der Waals surface area contributed by atoms with Gasteiger partial charge in [-0.05, 0) is 20.1 Å². The van der Waals surface area contributed by atoms with Crippen LogP contribution < -0.4 is 10.2 Å². The van der Waals surface area contributed by atoms with E-state index in [9.17, 15) is 5.11 Å². The number of hydrogen-bond donors (Lipinski definition) is 2. The van der Waals surface area contributed by atoms with Crippen molar-refractivity contribution < 1.29 is 5.11 Å². The van der Waals surface area contributed by atoms with E-state index in [4.69, 9.17) is 0 Å². The molecule has 1 heterocycles. The van der Waals surface area contributed by atoms with Crippen LogP contribution in [0.1, 0.15) is 17.5 Å². The highest BCUT2D eigenvalue weighted by Gasteiger charge is 2.16. The lowest BCUT2D eigenvalue weighted by Gasteiger charge is -2.21. The third-order valence-corrected chi connectivity index (χ3v) is 5.38. The second kappa shape index (κ2) is 7.33. The Balaban J connectivity index is 2.58. The molecule has 1 aromatic heterocycles. The number of thiazole rings is 1. The number of aliphatic hydroxyl groups excluding tert-OH is 1. The van der Waals surface area contributed by atoms with Gasteiger partial charge in [0.1, 0.15) is 0 Å². The first-order chi connectivity index (χ1) is 8.49. The Bertz CT molecular complexity index is 364. The Morgan fingerprint density at radius 3 is 2.61 bits per heavy atom. The van der Waals surface area contributed by atoms with Crippen molar-refractivity contribution in [3.05, 3.63) is 10.6 Å². The molecule has 0 amide bonds. The maximum atomic E-state index is 9.25. The molecule has 0 saturated carbocycles. The number of nitrogens with one attached hydrogen (secondary N) is 1. The smallest absolute Gasteiger partial charge is 0.185 e. The first-order valence-electron chi connectivity index (χ1n) is 6.00. The molecule has 0 aromatic carbocycles. The second-order valence-electron chi connectivity index (χ2n) is 4.53. The second-order valence-corrected chi connectivity index (χ2v) is 6.66. The fraction of sp³-hybridized carbons (Fsp3) is 0.750. The molecule has 0 aliphatic heterocycles. The number of anilines is 1. The molecule has 4 nitrogen and oxygen atoms in total. The standard InChI is InChI=1S/C12H23N3OS2/c1-8(11(7-16)17-5)13-6-10-9(2)14-12(18-10)15(3)4/h8,11,13,16H,6-7H2,1-5H3. The van der Waals surface area contributed by atoms with Gasteiger partial charge < -0.3 is 15.3 Å². The molecule has 0 bridgehead atoms. The summed E-state index contributed by atoms with van der Waals surface area (Å²) in [6.45, 7) is 5.18. The van der Waals surface area contributed by atoms with Gasteiger partial charge in [-0.1, -0.05) is 0 Å². The van der Waals surface area contributed by atoms with E-state index in [-0.39, 0.29) is 17.9 Å². The number of hydrogen-bond acceptors (Lipinski definition) is 6. The Labute approximate surface area is 118 Å². The monoisotopic (exact) mass is 289 g/mol. The predicted molar refractivity (Wildman–Crippen MR) is 81.9 cm³/mol. The number of rotatable bonds is 7. The van der Waals surface area contributed by atoms with Crippen molar-refractivity contribution in [1.29, 1.82) is 0 Å². The quantitative estimate of drug-likeness (QED) is 0.800. The van der Waals surface area contributed by atoms with Crippen LogP contribution in [0, 0.1) is 6.92 Å². The number of aryl methyl sites for hydroxylation is 1. The average Bonchev–Trinajstić information content (AvgIpc) is 2.70. The molecule has 18 heavy (non-hydrogen) atoms. The number of aromatic nitrogens is 1. The third kappa shape index (κ3) is 4.12. The molecule has 0 fully saturated rings. The van der Waals surface area contributed by atoms with Crippen molar-refractivity contribution in [3.8, 4) is 0 Å². The van der Waals surface area contributed by atoms with E-state index in [0.717, 1.165) is 17.4 Å². The zero-order chi connectivity index (χ0) is 13.7. The van der Waals surface area contributed by atoms with E-state index in [2.05, 4.69) is 17.2 Å². The number of nitrogens with zero attached hydrogens (tertiary/aromatic N) is 2. The van der Waals surface area contributed by atoms with Gasteiger partial charge in [-0.25, -0.2) is 4.98 Å². The van der Waals surface area contributed by atoms with Gasteiger partial charge >= 0.3 is 0 Å². The van der Waals surface area contributed by atoms with Gasteiger partial charge in [0, 0.05) is 36.8 Å². The molecule has 0 aliphatic rings.